The molecule has 0 unspecified atom stereocenters. The van der Waals surface area contributed by atoms with Gasteiger partial charge in [0.05, 0.1) is 22.6 Å². The van der Waals surface area contributed by atoms with Gasteiger partial charge in [0, 0.05) is 11.4 Å². The summed E-state index contributed by atoms with van der Waals surface area (Å²) in [5.74, 6) is -0.230. The van der Waals surface area contributed by atoms with Crippen molar-refractivity contribution in [3.05, 3.63) is 41.3 Å². The molecule has 3 aromatic rings. The second-order valence-electron chi connectivity index (χ2n) is 5.66. The van der Waals surface area contributed by atoms with Gasteiger partial charge in [0.1, 0.15) is 0 Å². The summed E-state index contributed by atoms with van der Waals surface area (Å²) in [6.45, 7) is 7.97. The molecule has 0 bridgehead atoms. The van der Waals surface area contributed by atoms with Crippen LogP contribution in [0.1, 0.15) is 41.8 Å². The molecule has 0 radical (unpaired) electrons. The third-order valence-electron chi connectivity index (χ3n) is 3.74. The van der Waals surface area contributed by atoms with Crippen molar-refractivity contribution in [3.63, 3.8) is 0 Å². The van der Waals surface area contributed by atoms with Crippen LogP contribution in [0.5, 0.6) is 0 Å². The molecule has 0 saturated heterocycles. The fraction of sp³-hybridized carbons (Fsp3) is 0.312. The van der Waals surface area contributed by atoms with E-state index >= 15 is 0 Å². The SMILES string of the molecule is Cc1nn(C(C)C)c(C)c1NC(=O)c1n[nH]c2ccccc12. The zero-order valence-electron chi connectivity index (χ0n) is 13.1. The second-order valence-corrected chi connectivity index (χ2v) is 5.66. The molecule has 0 atom stereocenters. The van der Waals surface area contributed by atoms with Crippen molar-refractivity contribution in [1.82, 2.24) is 20.0 Å². The van der Waals surface area contributed by atoms with Gasteiger partial charge in [-0.2, -0.15) is 10.2 Å². The highest BCUT2D eigenvalue weighted by molar-refractivity contribution is 6.11. The topological polar surface area (TPSA) is 75.6 Å². The number of carbonyl (C=O) groups is 1. The maximum Gasteiger partial charge on any atom is 0.276 e. The van der Waals surface area contributed by atoms with Gasteiger partial charge in [-0.05, 0) is 33.8 Å². The largest absolute Gasteiger partial charge is 0.317 e. The predicted octanol–water partition coefficient (Wildman–Crippen LogP) is 3.21. The standard InChI is InChI=1S/C16H19N5O/c1-9(2)21-11(4)14(10(3)20-21)17-16(22)15-12-7-5-6-8-13(12)18-19-15/h5-9H,1-4H3,(H,17,22)(H,18,19). The Morgan fingerprint density at radius 3 is 2.68 bits per heavy atom. The zero-order valence-corrected chi connectivity index (χ0v) is 13.1. The van der Waals surface area contributed by atoms with Crippen LogP contribution in [0.15, 0.2) is 24.3 Å². The van der Waals surface area contributed by atoms with Crippen LogP contribution < -0.4 is 5.32 Å². The number of H-pyrrole nitrogens is 1. The second kappa shape index (κ2) is 5.29. The van der Waals surface area contributed by atoms with Crippen molar-refractivity contribution < 1.29 is 4.79 Å². The molecule has 0 aliphatic heterocycles. The number of aromatic nitrogens is 4. The molecule has 1 amide bonds. The smallest absolute Gasteiger partial charge is 0.276 e. The Kier molecular flexibility index (Phi) is 3.44. The summed E-state index contributed by atoms with van der Waals surface area (Å²) in [5, 5.41) is 15.2. The predicted molar refractivity (Wildman–Crippen MR) is 86.1 cm³/mol. The van der Waals surface area contributed by atoms with E-state index < -0.39 is 0 Å². The maximum absolute atomic E-state index is 12.5. The number of para-hydroxylation sites is 1. The van der Waals surface area contributed by atoms with Crippen LogP contribution in [0.25, 0.3) is 10.9 Å². The summed E-state index contributed by atoms with van der Waals surface area (Å²) in [6.07, 6.45) is 0. The lowest BCUT2D eigenvalue weighted by molar-refractivity contribution is 0.102. The fourth-order valence-corrected chi connectivity index (χ4v) is 2.66. The number of carbonyl (C=O) groups excluding carboxylic acids is 1. The number of aryl methyl sites for hydroxylation is 1. The Labute approximate surface area is 128 Å². The van der Waals surface area contributed by atoms with Crippen molar-refractivity contribution in [2.45, 2.75) is 33.7 Å². The number of hydrogen-bond acceptors (Lipinski definition) is 3. The molecule has 3 rings (SSSR count). The number of aromatic amines is 1. The zero-order chi connectivity index (χ0) is 15.9. The minimum absolute atomic E-state index is 0.230. The monoisotopic (exact) mass is 297 g/mol. The van der Waals surface area contributed by atoms with E-state index in [2.05, 4.69) is 34.5 Å². The van der Waals surface area contributed by atoms with Crippen LogP contribution in [0.3, 0.4) is 0 Å². The van der Waals surface area contributed by atoms with Gasteiger partial charge in [-0.25, -0.2) is 0 Å². The van der Waals surface area contributed by atoms with Gasteiger partial charge in [0.15, 0.2) is 5.69 Å². The van der Waals surface area contributed by atoms with Gasteiger partial charge in [-0.3, -0.25) is 14.6 Å². The highest BCUT2D eigenvalue weighted by atomic mass is 16.2. The molecule has 114 valence electrons. The van der Waals surface area contributed by atoms with E-state index in [0.717, 1.165) is 28.0 Å². The number of nitrogens with zero attached hydrogens (tertiary/aromatic N) is 3. The number of rotatable bonds is 3. The van der Waals surface area contributed by atoms with E-state index in [9.17, 15) is 4.79 Å². The van der Waals surface area contributed by atoms with Crippen molar-refractivity contribution >= 4 is 22.5 Å². The molecule has 6 nitrogen and oxygen atoms in total. The molecule has 0 fully saturated rings. The van der Waals surface area contributed by atoms with Gasteiger partial charge in [-0.15, -0.1) is 0 Å². The summed E-state index contributed by atoms with van der Waals surface area (Å²) in [6, 6.07) is 7.82. The molecule has 0 saturated carbocycles. The fourth-order valence-electron chi connectivity index (χ4n) is 2.66. The van der Waals surface area contributed by atoms with Crippen LogP contribution in [0.4, 0.5) is 5.69 Å². The maximum atomic E-state index is 12.5. The Bertz CT molecular complexity index is 843. The number of hydrogen-bond donors (Lipinski definition) is 2. The van der Waals surface area contributed by atoms with Crippen molar-refractivity contribution in [2.75, 3.05) is 5.32 Å². The summed E-state index contributed by atoms with van der Waals surface area (Å²) in [4.78, 5) is 12.5. The first kappa shape index (κ1) is 14.3. The molecule has 1 aromatic carbocycles. The van der Waals surface area contributed by atoms with Crippen LogP contribution in [0, 0.1) is 13.8 Å². The summed E-state index contributed by atoms with van der Waals surface area (Å²) in [7, 11) is 0. The molecule has 0 spiro atoms. The third kappa shape index (κ3) is 2.26. The molecule has 2 heterocycles. The van der Waals surface area contributed by atoms with E-state index in [4.69, 9.17) is 0 Å². The highest BCUT2D eigenvalue weighted by Gasteiger charge is 2.19. The van der Waals surface area contributed by atoms with E-state index in [0.29, 0.717) is 5.69 Å². The molecule has 22 heavy (non-hydrogen) atoms. The quantitative estimate of drug-likeness (QED) is 0.779. The van der Waals surface area contributed by atoms with Crippen molar-refractivity contribution in [3.8, 4) is 0 Å². The van der Waals surface area contributed by atoms with Crippen LogP contribution in [0.2, 0.25) is 0 Å². The van der Waals surface area contributed by atoms with E-state index in [1.165, 1.54) is 0 Å². The lowest BCUT2D eigenvalue weighted by Gasteiger charge is -2.09. The summed E-state index contributed by atoms with van der Waals surface area (Å²) < 4.78 is 1.91. The molecular weight excluding hydrogens is 278 g/mol. The number of amides is 1. The van der Waals surface area contributed by atoms with E-state index in [-0.39, 0.29) is 11.9 Å². The number of fused-ring (bicyclic) bond motifs is 1. The minimum Gasteiger partial charge on any atom is -0.317 e. The Hall–Kier alpha value is -2.63. The first-order chi connectivity index (χ1) is 10.5. The Morgan fingerprint density at radius 1 is 1.27 bits per heavy atom. The number of benzene rings is 1. The average molecular weight is 297 g/mol. The van der Waals surface area contributed by atoms with Gasteiger partial charge >= 0.3 is 0 Å². The summed E-state index contributed by atoms with van der Waals surface area (Å²) >= 11 is 0. The first-order valence-electron chi connectivity index (χ1n) is 7.29. The molecular formula is C16H19N5O. The lowest BCUT2D eigenvalue weighted by Crippen LogP contribution is -2.14. The minimum atomic E-state index is -0.230. The third-order valence-corrected chi connectivity index (χ3v) is 3.74. The van der Waals surface area contributed by atoms with Crippen LogP contribution in [-0.2, 0) is 0 Å². The van der Waals surface area contributed by atoms with Crippen LogP contribution >= 0.6 is 0 Å². The normalized spacial score (nSPS) is 11.3. The highest BCUT2D eigenvalue weighted by Crippen LogP contribution is 2.24. The molecule has 6 heteroatoms. The lowest BCUT2D eigenvalue weighted by atomic mass is 10.2. The molecule has 2 N–H and O–H groups in total. The van der Waals surface area contributed by atoms with E-state index in [1.807, 2.05) is 42.8 Å². The summed E-state index contributed by atoms with van der Waals surface area (Å²) in [5.41, 5.74) is 3.75. The number of nitrogens with one attached hydrogen (secondary N) is 2. The molecule has 2 aromatic heterocycles. The molecule has 0 aliphatic carbocycles. The van der Waals surface area contributed by atoms with Gasteiger partial charge in [-0.1, -0.05) is 18.2 Å². The Balaban J connectivity index is 1.95. The van der Waals surface area contributed by atoms with Gasteiger partial charge < -0.3 is 5.32 Å². The Morgan fingerprint density at radius 2 is 2.00 bits per heavy atom. The van der Waals surface area contributed by atoms with E-state index in [1.54, 1.807) is 0 Å². The van der Waals surface area contributed by atoms with Gasteiger partial charge in [0.25, 0.3) is 5.91 Å². The average Bonchev–Trinajstić information content (AvgIpc) is 3.03. The van der Waals surface area contributed by atoms with Crippen LogP contribution in [-0.4, -0.2) is 25.9 Å². The van der Waals surface area contributed by atoms with Gasteiger partial charge in [0.2, 0.25) is 0 Å². The number of anilines is 1. The first-order valence-corrected chi connectivity index (χ1v) is 7.29. The molecule has 0 aliphatic rings. The van der Waals surface area contributed by atoms with Crippen molar-refractivity contribution in [2.24, 2.45) is 0 Å². The van der Waals surface area contributed by atoms with Crippen molar-refractivity contribution in [1.29, 1.82) is 0 Å².